The number of nitrogens with one attached hydrogen (secondary N) is 1. The highest BCUT2D eigenvalue weighted by Crippen LogP contribution is 2.28. The summed E-state index contributed by atoms with van der Waals surface area (Å²) in [6.45, 7) is 0. The Balaban J connectivity index is 1.79. The zero-order valence-electron chi connectivity index (χ0n) is 12.5. The lowest BCUT2D eigenvalue weighted by Gasteiger charge is -2.04. The molecule has 6 nitrogen and oxygen atoms in total. The van der Waals surface area contributed by atoms with Crippen LogP contribution in [0.4, 0.5) is 11.4 Å². The van der Waals surface area contributed by atoms with E-state index in [0.29, 0.717) is 10.8 Å². The van der Waals surface area contributed by atoms with Gasteiger partial charge in [-0.1, -0.05) is 23.2 Å². The van der Waals surface area contributed by atoms with Crippen LogP contribution in [0.15, 0.2) is 59.0 Å². The van der Waals surface area contributed by atoms with Crippen molar-refractivity contribution in [1.29, 1.82) is 0 Å². The summed E-state index contributed by atoms with van der Waals surface area (Å²) >= 11 is 11.6. The van der Waals surface area contributed by atoms with Crippen LogP contribution in [-0.2, 0) is 0 Å². The molecule has 0 fully saturated rings. The van der Waals surface area contributed by atoms with E-state index in [1.54, 1.807) is 30.3 Å². The van der Waals surface area contributed by atoms with Crippen LogP contribution in [0, 0.1) is 10.1 Å². The van der Waals surface area contributed by atoms with E-state index in [4.69, 9.17) is 27.6 Å². The van der Waals surface area contributed by atoms with Gasteiger partial charge in [0.2, 0.25) is 0 Å². The fraction of sp³-hybridized carbons (Fsp3) is 0. The van der Waals surface area contributed by atoms with Crippen molar-refractivity contribution in [3.8, 4) is 11.3 Å². The Labute approximate surface area is 152 Å². The van der Waals surface area contributed by atoms with Crippen molar-refractivity contribution in [2.24, 2.45) is 0 Å². The molecule has 2 aromatic carbocycles. The summed E-state index contributed by atoms with van der Waals surface area (Å²) in [6, 6.07) is 14.1. The average molecular weight is 377 g/mol. The molecule has 1 N–H and O–H groups in total. The van der Waals surface area contributed by atoms with Gasteiger partial charge in [0.25, 0.3) is 11.6 Å². The number of anilines is 1. The molecule has 0 aliphatic heterocycles. The third-order valence-electron chi connectivity index (χ3n) is 3.36. The number of nitro groups is 1. The first-order valence-electron chi connectivity index (χ1n) is 7.05. The van der Waals surface area contributed by atoms with E-state index in [0.717, 1.165) is 5.56 Å². The van der Waals surface area contributed by atoms with Crippen LogP contribution in [0.1, 0.15) is 10.6 Å². The van der Waals surface area contributed by atoms with Gasteiger partial charge in [0, 0.05) is 22.3 Å². The van der Waals surface area contributed by atoms with Gasteiger partial charge in [0.15, 0.2) is 5.76 Å². The van der Waals surface area contributed by atoms with Crippen LogP contribution < -0.4 is 5.32 Å². The first-order valence-corrected chi connectivity index (χ1v) is 7.81. The van der Waals surface area contributed by atoms with E-state index in [9.17, 15) is 14.9 Å². The Morgan fingerprint density at radius 3 is 2.44 bits per heavy atom. The van der Waals surface area contributed by atoms with Crippen LogP contribution in [0.3, 0.4) is 0 Å². The van der Waals surface area contributed by atoms with Gasteiger partial charge in [-0.15, -0.1) is 0 Å². The summed E-state index contributed by atoms with van der Waals surface area (Å²) in [5.41, 5.74) is 0.719. The second-order valence-corrected chi connectivity index (χ2v) is 5.89. The highest BCUT2D eigenvalue weighted by molar-refractivity contribution is 6.32. The molecule has 126 valence electrons. The maximum Gasteiger partial charge on any atom is 0.291 e. The molecular weight excluding hydrogens is 367 g/mol. The number of rotatable bonds is 4. The Morgan fingerprint density at radius 2 is 1.76 bits per heavy atom. The van der Waals surface area contributed by atoms with E-state index in [2.05, 4.69) is 5.32 Å². The molecule has 0 saturated heterocycles. The van der Waals surface area contributed by atoms with Crippen LogP contribution in [0.2, 0.25) is 10.0 Å². The van der Waals surface area contributed by atoms with Crippen molar-refractivity contribution in [1.82, 2.24) is 0 Å². The van der Waals surface area contributed by atoms with E-state index in [1.807, 2.05) is 0 Å². The molecule has 1 amide bonds. The van der Waals surface area contributed by atoms with Crippen LogP contribution >= 0.6 is 23.2 Å². The number of nitro benzene ring substituents is 1. The summed E-state index contributed by atoms with van der Waals surface area (Å²) in [4.78, 5) is 22.5. The third kappa shape index (κ3) is 3.81. The number of nitrogens with zero attached hydrogens (tertiary/aromatic N) is 1. The molecule has 0 unspecified atom stereocenters. The molecule has 0 bridgehead atoms. The fourth-order valence-electron chi connectivity index (χ4n) is 2.15. The lowest BCUT2D eigenvalue weighted by Crippen LogP contribution is -2.11. The maximum absolute atomic E-state index is 12.3. The summed E-state index contributed by atoms with van der Waals surface area (Å²) in [5, 5.41) is 14.0. The third-order valence-corrected chi connectivity index (χ3v) is 3.93. The van der Waals surface area contributed by atoms with Gasteiger partial charge in [0.1, 0.15) is 10.8 Å². The molecule has 1 heterocycles. The van der Waals surface area contributed by atoms with Crippen LogP contribution in [-0.4, -0.2) is 10.8 Å². The van der Waals surface area contributed by atoms with Crippen molar-refractivity contribution in [3.63, 3.8) is 0 Å². The predicted molar refractivity (Wildman–Crippen MR) is 95.2 cm³/mol. The molecule has 25 heavy (non-hydrogen) atoms. The lowest BCUT2D eigenvalue weighted by atomic mass is 10.2. The van der Waals surface area contributed by atoms with Crippen molar-refractivity contribution in [3.05, 3.63) is 80.5 Å². The number of carbonyl (C=O) groups excluding carboxylic acids is 1. The van der Waals surface area contributed by atoms with Crippen molar-refractivity contribution < 1.29 is 14.1 Å². The Morgan fingerprint density at radius 1 is 1.04 bits per heavy atom. The molecule has 3 rings (SSSR count). The molecule has 0 aliphatic carbocycles. The molecule has 1 aromatic heterocycles. The van der Waals surface area contributed by atoms with Crippen LogP contribution in [0.5, 0.6) is 0 Å². The standard InChI is InChI=1S/C17H10Cl2N2O4/c18-11-3-1-10(2-4-11)15-7-8-16(25-15)17(22)20-12-5-6-13(19)14(9-12)21(23)24/h1-9H,(H,20,22). The second-order valence-electron chi connectivity index (χ2n) is 5.05. The van der Waals surface area contributed by atoms with Crippen LogP contribution in [0.25, 0.3) is 11.3 Å². The largest absolute Gasteiger partial charge is 0.451 e. The lowest BCUT2D eigenvalue weighted by molar-refractivity contribution is -0.384. The SMILES string of the molecule is O=C(Nc1ccc(Cl)c([N+](=O)[O-])c1)c1ccc(-c2ccc(Cl)cc2)o1. The normalized spacial score (nSPS) is 10.5. The number of furan rings is 1. The van der Waals surface area contributed by atoms with E-state index < -0.39 is 10.8 Å². The van der Waals surface area contributed by atoms with Gasteiger partial charge >= 0.3 is 0 Å². The van der Waals surface area contributed by atoms with Gasteiger partial charge in [-0.05, 0) is 48.5 Å². The van der Waals surface area contributed by atoms with E-state index >= 15 is 0 Å². The highest BCUT2D eigenvalue weighted by Gasteiger charge is 2.16. The zero-order valence-corrected chi connectivity index (χ0v) is 14.0. The van der Waals surface area contributed by atoms with Gasteiger partial charge in [-0.2, -0.15) is 0 Å². The Hall–Kier alpha value is -2.83. The van der Waals surface area contributed by atoms with Gasteiger partial charge in [0.05, 0.1) is 4.92 Å². The Bertz CT molecular complexity index is 952. The Kier molecular flexibility index (Phi) is 4.74. The molecule has 8 heteroatoms. The van der Waals surface area contributed by atoms with Crippen molar-refractivity contribution >= 4 is 40.5 Å². The minimum Gasteiger partial charge on any atom is -0.451 e. The molecule has 0 radical (unpaired) electrons. The smallest absolute Gasteiger partial charge is 0.291 e. The maximum atomic E-state index is 12.3. The molecule has 3 aromatic rings. The summed E-state index contributed by atoms with van der Waals surface area (Å²) < 4.78 is 5.53. The zero-order chi connectivity index (χ0) is 18.0. The van der Waals surface area contributed by atoms with Crippen molar-refractivity contribution in [2.75, 3.05) is 5.32 Å². The number of benzene rings is 2. The molecule has 0 spiro atoms. The van der Waals surface area contributed by atoms with Gasteiger partial charge in [-0.25, -0.2) is 0 Å². The number of halogens is 2. The molecule has 0 saturated carbocycles. The first kappa shape index (κ1) is 17.0. The van der Waals surface area contributed by atoms with E-state index in [-0.39, 0.29) is 22.2 Å². The minimum atomic E-state index is -0.622. The summed E-state index contributed by atoms with van der Waals surface area (Å²) in [6.07, 6.45) is 0. The number of hydrogen-bond acceptors (Lipinski definition) is 4. The quantitative estimate of drug-likeness (QED) is 0.486. The first-order chi connectivity index (χ1) is 11.9. The topological polar surface area (TPSA) is 85.4 Å². The summed E-state index contributed by atoms with van der Waals surface area (Å²) in [5.74, 6) is 0.0447. The van der Waals surface area contributed by atoms with Gasteiger partial charge in [-0.3, -0.25) is 14.9 Å². The summed E-state index contributed by atoms with van der Waals surface area (Å²) in [7, 11) is 0. The molecule has 0 atom stereocenters. The highest BCUT2D eigenvalue weighted by atomic mass is 35.5. The molecule has 0 aliphatic rings. The molecular formula is C17H10Cl2N2O4. The number of hydrogen-bond donors (Lipinski definition) is 1. The number of carbonyl (C=O) groups is 1. The van der Waals surface area contributed by atoms with E-state index in [1.165, 1.54) is 24.3 Å². The van der Waals surface area contributed by atoms with Crippen molar-refractivity contribution in [2.45, 2.75) is 0 Å². The minimum absolute atomic E-state index is 0.00831. The fourth-order valence-corrected chi connectivity index (χ4v) is 2.46. The van der Waals surface area contributed by atoms with Gasteiger partial charge < -0.3 is 9.73 Å². The predicted octanol–water partition coefficient (Wildman–Crippen LogP) is 5.41. The second kappa shape index (κ2) is 6.96. The monoisotopic (exact) mass is 376 g/mol. The average Bonchev–Trinajstić information content (AvgIpc) is 3.07. The number of amides is 1.